The van der Waals surface area contributed by atoms with Gasteiger partial charge in [-0.3, -0.25) is 62.1 Å². The Morgan fingerprint density at radius 2 is 0.671 bits per heavy atom. The van der Waals surface area contributed by atoms with Crippen molar-refractivity contribution in [3.05, 3.63) is 0 Å². The van der Waals surface area contributed by atoms with Gasteiger partial charge in [0, 0.05) is 0 Å². The molecule has 0 bridgehead atoms. The van der Waals surface area contributed by atoms with Crippen LogP contribution in [0.25, 0.3) is 0 Å². The molecule has 0 aromatic heterocycles. The minimum absolute atomic E-state index is 0.0440. The number of phosphoric acid groups is 1. The number of carboxylic acid groups (broad SMARTS) is 2. The van der Waals surface area contributed by atoms with Crippen LogP contribution in [0.2, 0.25) is 0 Å². The Labute approximate surface area is 439 Å². The van der Waals surface area contributed by atoms with Crippen molar-refractivity contribution in [1.29, 1.82) is 0 Å². The predicted octanol–water partition coefficient (Wildman–Crippen LogP) is -5.05. The number of phosphoric ester groups is 1. The standard InChI is InChI=1S/C44H77N12O19P/c1-17(2)14-28(53-33(59)19(5)45)41(67)50-21(7)35(61)46-20(6)34(60)49-26(12)40(66)56-32(27(13)75-76(72,73)74)43(69)52-23(9)37(63)47-24(10)38(64)54-29(16-31(57)58)42(68)51-22(8)36(62)48-25(11)39(65)55-30(44(70)71)15-18(3)4/h17-30,32H,14-16,45H2,1-13H3,(H,46,61)(H,47,63)(H,48,62)(H,49,60)(H,50,67)(H,51,68)(H,52,69)(H,53,59)(H,54,64)(H,55,65)(H,56,66)(H,57,58)(H,70,71)(H2,72,73,74)/t19-,20-,21-,22-,23-,24-,25-,26-,27+,28-,29-,30-,32-/m0/s1. The number of rotatable bonds is 32. The summed E-state index contributed by atoms with van der Waals surface area (Å²) in [6.07, 6.45) is -2.54. The van der Waals surface area contributed by atoms with Gasteiger partial charge in [-0.05, 0) is 87.0 Å². The molecule has 17 N–H and O–H groups in total. The van der Waals surface area contributed by atoms with Crippen LogP contribution in [0.5, 0.6) is 0 Å². The molecule has 0 fully saturated rings. The van der Waals surface area contributed by atoms with Gasteiger partial charge in [-0.2, -0.15) is 0 Å². The van der Waals surface area contributed by atoms with Crippen LogP contribution < -0.4 is 64.2 Å². The maximum absolute atomic E-state index is 13.5. The minimum atomic E-state index is -5.35. The molecule has 0 aliphatic heterocycles. The largest absolute Gasteiger partial charge is 0.481 e. The van der Waals surface area contributed by atoms with Gasteiger partial charge in [-0.25, -0.2) is 9.36 Å². The molecule has 32 heteroatoms. The third kappa shape index (κ3) is 26.1. The van der Waals surface area contributed by atoms with Crippen molar-refractivity contribution in [3.8, 4) is 0 Å². The van der Waals surface area contributed by atoms with Crippen LogP contribution in [0.1, 0.15) is 109 Å². The number of hydrogen-bond donors (Lipinski definition) is 16. The average Bonchev–Trinajstić information content (AvgIpc) is 3.28. The number of amides is 11. The number of carbonyl (C=O) groups excluding carboxylic acids is 11. The molecule has 76 heavy (non-hydrogen) atoms. The van der Waals surface area contributed by atoms with E-state index >= 15 is 0 Å². The molecular weight excluding hydrogens is 1030 g/mol. The second-order valence-electron chi connectivity index (χ2n) is 19.1. The van der Waals surface area contributed by atoms with Gasteiger partial charge in [0.1, 0.15) is 66.5 Å². The molecule has 0 aliphatic carbocycles. The number of nitrogens with two attached hydrogens (primary N) is 1. The third-order valence-corrected chi connectivity index (χ3v) is 11.3. The quantitative estimate of drug-likeness (QED) is 0.0280. The number of nitrogens with one attached hydrogen (secondary N) is 11. The molecule has 0 rings (SSSR count). The lowest BCUT2D eigenvalue weighted by Gasteiger charge is -2.28. The predicted molar refractivity (Wildman–Crippen MR) is 266 cm³/mol. The first-order chi connectivity index (χ1) is 34.8. The van der Waals surface area contributed by atoms with Gasteiger partial charge in [0.05, 0.1) is 18.6 Å². The van der Waals surface area contributed by atoms with Gasteiger partial charge < -0.3 is 84.2 Å². The fraction of sp³-hybridized carbons (Fsp3) is 0.705. The first-order valence-corrected chi connectivity index (χ1v) is 25.6. The van der Waals surface area contributed by atoms with Gasteiger partial charge >= 0.3 is 19.8 Å². The highest BCUT2D eigenvalue weighted by molar-refractivity contribution is 7.46. The van der Waals surface area contributed by atoms with Crippen LogP contribution in [0, 0.1) is 11.8 Å². The Morgan fingerprint density at radius 3 is 0.987 bits per heavy atom. The van der Waals surface area contributed by atoms with E-state index in [1.807, 2.05) is 0 Å². The molecule has 0 radical (unpaired) electrons. The van der Waals surface area contributed by atoms with Gasteiger partial charge in [0.15, 0.2) is 0 Å². The average molecular weight is 1110 g/mol. The van der Waals surface area contributed by atoms with Crippen LogP contribution in [0.4, 0.5) is 0 Å². The molecule has 0 saturated heterocycles. The van der Waals surface area contributed by atoms with E-state index in [4.69, 9.17) is 5.73 Å². The maximum atomic E-state index is 13.5. The second kappa shape index (κ2) is 31.9. The summed E-state index contributed by atoms with van der Waals surface area (Å²) in [5.74, 6) is -13.7. The number of carbonyl (C=O) groups is 13. The van der Waals surface area contributed by atoms with E-state index in [0.29, 0.717) is 0 Å². The van der Waals surface area contributed by atoms with E-state index < -0.39 is 170 Å². The highest BCUT2D eigenvalue weighted by Crippen LogP contribution is 2.38. The Hall–Kier alpha value is -6.82. The van der Waals surface area contributed by atoms with Gasteiger partial charge in [0.25, 0.3) is 0 Å². The Kier molecular flexibility index (Phi) is 29.1. The van der Waals surface area contributed by atoms with Crippen LogP contribution in [-0.4, -0.2) is 176 Å². The SMILES string of the molecule is CC(C)C[C@H](NC(=O)[C@H](C)NC(=O)[C@H](C)NC(=O)[C@H](CC(=O)O)NC(=O)[C@H](C)NC(=O)[C@H](C)NC(=O)[C@@H](NC(=O)[C@H](C)NC(=O)[C@H](C)NC(=O)[C@H](C)NC(=O)[C@H](CC(C)C)NC(=O)[C@H](C)N)[C@@H](C)OP(=O)(O)O)C(=O)O. The van der Waals surface area contributed by atoms with E-state index in [9.17, 15) is 86.9 Å². The molecule has 0 unspecified atom stereocenters. The molecule has 0 heterocycles. The normalized spacial score (nSPS) is 16.5. The molecule has 0 aromatic rings. The fourth-order valence-corrected chi connectivity index (χ4v) is 6.93. The number of hydrogen-bond acceptors (Lipinski definition) is 16. The Morgan fingerprint density at radius 1 is 0.395 bits per heavy atom. The minimum Gasteiger partial charge on any atom is -0.481 e. The number of carboxylic acids is 2. The van der Waals surface area contributed by atoms with Crippen LogP contribution in [0.3, 0.4) is 0 Å². The topological polar surface area (TPSA) is 487 Å². The van der Waals surface area contributed by atoms with Crippen molar-refractivity contribution in [1.82, 2.24) is 58.5 Å². The Balaban J connectivity index is 5.81. The molecular formula is C44H77N12O19P. The summed E-state index contributed by atoms with van der Waals surface area (Å²) in [7, 11) is -5.35. The summed E-state index contributed by atoms with van der Waals surface area (Å²) in [6, 6.07) is -17.0. The van der Waals surface area contributed by atoms with Crippen molar-refractivity contribution in [3.63, 3.8) is 0 Å². The van der Waals surface area contributed by atoms with Crippen molar-refractivity contribution in [2.75, 3.05) is 0 Å². The Bertz CT molecular complexity index is 2170. The lowest BCUT2D eigenvalue weighted by molar-refractivity contribution is -0.142. The highest BCUT2D eigenvalue weighted by atomic mass is 31.2. The molecule has 0 spiro atoms. The lowest BCUT2D eigenvalue weighted by atomic mass is 10.0. The molecule has 31 nitrogen and oxygen atoms in total. The molecule has 0 saturated carbocycles. The van der Waals surface area contributed by atoms with Crippen molar-refractivity contribution >= 4 is 84.7 Å². The summed E-state index contributed by atoms with van der Waals surface area (Å²) < 4.78 is 16.3. The maximum Gasteiger partial charge on any atom is 0.469 e. The zero-order valence-corrected chi connectivity index (χ0v) is 45.6. The van der Waals surface area contributed by atoms with Crippen molar-refractivity contribution in [2.24, 2.45) is 17.6 Å². The zero-order valence-electron chi connectivity index (χ0n) is 44.7. The summed E-state index contributed by atoms with van der Waals surface area (Å²) >= 11 is 0. The van der Waals surface area contributed by atoms with Crippen molar-refractivity contribution in [2.45, 2.75) is 188 Å². The molecule has 0 aromatic carbocycles. The molecule has 0 aliphatic rings. The van der Waals surface area contributed by atoms with E-state index in [1.165, 1.54) is 34.6 Å². The van der Waals surface area contributed by atoms with Gasteiger partial charge in [-0.15, -0.1) is 0 Å². The summed E-state index contributed by atoms with van der Waals surface area (Å²) in [5, 5.41) is 43.9. The van der Waals surface area contributed by atoms with E-state index in [1.54, 1.807) is 27.7 Å². The van der Waals surface area contributed by atoms with E-state index in [0.717, 1.165) is 27.7 Å². The lowest BCUT2D eigenvalue weighted by Crippen LogP contribution is -2.61. The fourth-order valence-electron chi connectivity index (χ4n) is 6.37. The molecule has 13 atom stereocenters. The van der Waals surface area contributed by atoms with Crippen LogP contribution >= 0.6 is 7.82 Å². The van der Waals surface area contributed by atoms with Gasteiger partial charge in [-0.1, -0.05) is 27.7 Å². The number of aliphatic carboxylic acids is 2. The summed E-state index contributed by atoms with van der Waals surface area (Å²) in [4.78, 5) is 185. The van der Waals surface area contributed by atoms with Gasteiger partial charge in [0.2, 0.25) is 65.0 Å². The summed E-state index contributed by atoms with van der Waals surface area (Å²) in [5.41, 5.74) is 5.60. The monoisotopic (exact) mass is 1110 g/mol. The zero-order chi connectivity index (χ0) is 59.3. The van der Waals surface area contributed by atoms with E-state index in [2.05, 4.69) is 63.0 Å². The smallest absolute Gasteiger partial charge is 0.469 e. The summed E-state index contributed by atoms with van der Waals surface area (Å²) in [6.45, 7) is 17.8. The first kappa shape index (κ1) is 69.2. The molecule has 11 amide bonds. The third-order valence-electron chi connectivity index (χ3n) is 10.7. The van der Waals surface area contributed by atoms with E-state index in [-0.39, 0.29) is 24.7 Å². The highest BCUT2D eigenvalue weighted by Gasteiger charge is 2.37. The van der Waals surface area contributed by atoms with Crippen LogP contribution in [0.15, 0.2) is 0 Å². The van der Waals surface area contributed by atoms with Crippen LogP contribution in [-0.2, 0) is 71.4 Å². The molecule has 432 valence electrons. The first-order valence-electron chi connectivity index (χ1n) is 24.1. The van der Waals surface area contributed by atoms with Crippen molar-refractivity contribution < 1.29 is 91.4 Å². The second-order valence-corrected chi connectivity index (χ2v) is 20.3.